The molecule has 2 atom stereocenters. The van der Waals surface area contributed by atoms with Crippen molar-refractivity contribution >= 4 is 70.8 Å². The van der Waals surface area contributed by atoms with E-state index in [1.807, 2.05) is 6.92 Å². The maximum Gasteiger partial charge on any atom is 0.423 e. The molecule has 0 aliphatic heterocycles. The molecule has 1 aliphatic carbocycles. The maximum absolute atomic E-state index is 13.4. The van der Waals surface area contributed by atoms with E-state index in [2.05, 4.69) is 9.72 Å². The van der Waals surface area contributed by atoms with Gasteiger partial charge in [-0.05, 0) is 32.6 Å². The number of aromatic nitrogens is 2. The monoisotopic (exact) mass is 604 g/mol. The zero-order chi connectivity index (χ0) is 26.7. The van der Waals surface area contributed by atoms with Crippen molar-refractivity contribution in [1.82, 2.24) is 9.55 Å². The van der Waals surface area contributed by atoms with Crippen LogP contribution in [0.25, 0.3) is 0 Å². The summed E-state index contributed by atoms with van der Waals surface area (Å²) in [6, 6.07) is 0.661. The van der Waals surface area contributed by atoms with Gasteiger partial charge in [0.25, 0.3) is 5.56 Å². The van der Waals surface area contributed by atoms with Crippen LogP contribution < -0.4 is 20.9 Å². The first-order chi connectivity index (χ1) is 16.9. The van der Waals surface area contributed by atoms with Crippen molar-refractivity contribution < 1.29 is 32.6 Å². The van der Waals surface area contributed by atoms with Gasteiger partial charge in [0.2, 0.25) is 12.6 Å². The maximum atomic E-state index is 13.4. The molecule has 1 heterocycles. The lowest BCUT2D eigenvalue weighted by molar-refractivity contribution is -0.152. The fourth-order valence-electron chi connectivity index (χ4n) is 3.27. The van der Waals surface area contributed by atoms with E-state index in [0.717, 1.165) is 25.0 Å². The first-order valence-electron chi connectivity index (χ1n) is 10.5. The predicted octanol–water partition coefficient (Wildman–Crippen LogP) is 5.32. The summed E-state index contributed by atoms with van der Waals surface area (Å²) < 4.78 is 40.7. The second kappa shape index (κ2) is 12.9. The average Bonchev–Trinajstić information content (AvgIpc) is 3.62. The number of anilines is 2. The topological polar surface area (TPSA) is 126 Å². The minimum atomic E-state index is -3.17. The van der Waals surface area contributed by atoms with Crippen molar-refractivity contribution in [2.24, 2.45) is 11.7 Å². The highest BCUT2D eigenvalue weighted by molar-refractivity contribution is 6.40. The van der Waals surface area contributed by atoms with Crippen LogP contribution in [0.15, 0.2) is 23.1 Å². The largest absolute Gasteiger partial charge is 0.435 e. The summed E-state index contributed by atoms with van der Waals surface area (Å²) in [5.74, 6) is -1.57. The number of halogens is 6. The standard InChI is InChI=1S/C21H21Cl3F2N4O6.ClH/c1-9(27)19(32)34-8-35-21(33)30(16-13(22)5-12(6-14(16)23)36-20(25)26)17-18(31)29(7-15(24)28-17)10(2)11-3-4-11;/h5-7,9-11,20H,3-4,8,27H2,1-2H3;1H/t9-,10-;/m0./s1. The van der Waals surface area contributed by atoms with E-state index >= 15 is 0 Å². The third-order valence-electron chi connectivity index (χ3n) is 5.22. The van der Waals surface area contributed by atoms with Crippen LogP contribution in [0.4, 0.5) is 25.1 Å². The van der Waals surface area contributed by atoms with Gasteiger partial charge in [-0.1, -0.05) is 34.8 Å². The van der Waals surface area contributed by atoms with Crippen LogP contribution in [0.1, 0.15) is 32.7 Å². The lowest BCUT2D eigenvalue weighted by Crippen LogP contribution is -2.37. The Hall–Kier alpha value is -2.38. The summed E-state index contributed by atoms with van der Waals surface area (Å²) >= 11 is 18.7. The van der Waals surface area contributed by atoms with E-state index < -0.39 is 48.6 Å². The number of hydrogen-bond acceptors (Lipinski definition) is 8. The molecule has 0 unspecified atom stereocenters. The number of esters is 1. The number of nitrogens with two attached hydrogens (primary N) is 1. The average molecular weight is 606 g/mol. The van der Waals surface area contributed by atoms with Crippen molar-refractivity contribution in [2.45, 2.75) is 45.4 Å². The summed E-state index contributed by atoms with van der Waals surface area (Å²) in [5.41, 5.74) is 4.33. The van der Waals surface area contributed by atoms with Crippen molar-refractivity contribution in [2.75, 3.05) is 11.7 Å². The van der Waals surface area contributed by atoms with Gasteiger partial charge in [0.15, 0.2) is 0 Å². The molecule has 204 valence electrons. The number of benzene rings is 1. The van der Waals surface area contributed by atoms with Crippen LogP contribution in [0.2, 0.25) is 15.2 Å². The van der Waals surface area contributed by atoms with E-state index in [1.54, 1.807) is 0 Å². The van der Waals surface area contributed by atoms with Gasteiger partial charge in [0.05, 0.1) is 15.7 Å². The molecule has 1 fully saturated rings. The molecular formula is C21H22Cl4F2N4O6. The highest BCUT2D eigenvalue weighted by Gasteiger charge is 2.34. The van der Waals surface area contributed by atoms with E-state index in [9.17, 15) is 23.2 Å². The number of ether oxygens (including phenoxy) is 3. The molecule has 10 nitrogen and oxygen atoms in total. The first kappa shape index (κ1) is 30.8. The molecule has 1 aromatic carbocycles. The van der Waals surface area contributed by atoms with Crippen molar-refractivity contribution in [3.63, 3.8) is 0 Å². The third kappa shape index (κ3) is 7.57. The predicted molar refractivity (Wildman–Crippen MR) is 135 cm³/mol. The van der Waals surface area contributed by atoms with E-state index in [4.69, 9.17) is 50.0 Å². The Balaban J connectivity index is 0.00000481. The summed E-state index contributed by atoms with van der Waals surface area (Å²) in [6.45, 7) is -0.871. The minimum absolute atomic E-state index is 0. The number of alkyl halides is 2. The van der Waals surface area contributed by atoms with Gasteiger partial charge in [-0.3, -0.25) is 9.59 Å². The Bertz CT molecular complexity index is 1190. The molecule has 2 aromatic rings. The molecular weight excluding hydrogens is 584 g/mol. The second-order valence-electron chi connectivity index (χ2n) is 7.91. The van der Waals surface area contributed by atoms with Gasteiger partial charge < -0.3 is 24.5 Å². The van der Waals surface area contributed by atoms with Gasteiger partial charge in [0, 0.05) is 24.4 Å². The summed E-state index contributed by atoms with van der Waals surface area (Å²) in [5, 5.41) is -0.848. The molecule has 3 rings (SSSR count). The molecule has 1 amide bonds. The van der Waals surface area contributed by atoms with E-state index in [0.29, 0.717) is 4.90 Å². The Labute approximate surface area is 230 Å². The lowest BCUT2D eigenvalue weighted by Gasteiger charge is -2.25. The van der Waals surface area contributed by atoms with E-state index in [1.165, 1.54) is 17.7 Å². The number of carbonyl (C=O) groups excluding carboxylic acids is 2. The highest BCUT2D eigenvalue weighted by atomic mass is 35.5. The van der Waals surface area contributed by atoms with Crippen molar-refractivity contribution in [3.05, 3.63) is 43.9 Å². The van der Waals surface area contributed by atoms with Gasteiger partial charge in [-0.15, -0.1) is 12.4 Å². The van der Waals surface area contributed by atoms with Crippen LogP contribution in [0, 0.1) is 5.92 Å². The van der Waals surface area contributed by atoms with E-state index in [-0.39, 0.29) is 45.3 Å². The Morgan fingerprint density at radius 2 is 1.78 bits per heavy atom. The van der Waals surface area contributed by atoms with Gasteiger partial charge in [-0.2, -0.15) is 8.78 Å². The highest BCUT2D eigenvalue weighted by Crippen LogP contribution is 2.42. The molecule has 0 spiro atoms. The fraction of sp³-hybridized carbons (Fsp3) is 0.429. The van der Waals surface area contributed by atoms with Crippen molar-refractivity contribution in [3.8, 4) is 5.75 Å². The summed E-state index contributed by atoms with van der Waals surface area (Å²) in [6.07, 6.45) is 1.86. The van der Waals surface area contributed by atoms with Gasteiger partial charge in [0.1, 0.15) is 16.9 Å². The number of rotatable bonds is 9. The van der Waals surface area contributed by atoms with Crippen LogP contribution >= 0.6 is 47.2 Å². The molecule has 1 saturated carbocycles. The molecule has 0 bridgehead atoms. The van der Waals surface area contributed by atoms with Crippen molar-refractivity contribution in [1.29, 1.82) is 0 Å². The zero-order valence-corrected chi connectivity index (χ0v) is 22.4. The lowest BCUT2D eigenvalue weighted by atomic mass is 10.2. The van der Waals surface area contributed by atoms with Crippen LogP contribution in [-0.4, -0.2) is 41.1 Å². The summed E-state index contributed by atoms with van der Waals surface area (Å²) in [7, 11) is 0. The molecule has 2 N–H and O–H groups in total. The number of carbonyl (C=O) groups is 2. The van der Waals surface area contributed by atoms with Crippen LogP contribution in [0.3, 0.4) is 0 Å². The molecule has 1 aliphatic rings. The van der Waals surface area contributed by atoms with Gasteiger partial charge >= 0.3 is 18.7 Å². The minimum Gasteiger partial charge on any atom is -0.435 e. The normalized spacial score (nSPS) is 14.4. The van der Waals surface area contributed by atoms with Crippen LogP contribution in [-0.2, 0) is 14.3 Å². The molecule has 16 heteroatoms. The smallest absolute Gasteiger partial charge is 0.423 e. The number of amides is 1. The summed E-state index contributed by atoms with van der Waals surface area (Å²) in [4.78, 5) is 42.7. The fourth-order valence-corrected chi connectivity index (χ4v) is 4.09. The zero-order valence-electron chi connectivity index (χ0n) is 19.3. The van der Waals surface area contributed by atoms with Gasteiger partial charge in [-0.25, -0.2) is 14.7 Å². The van der Waals surface area contributed by atoms with Crippen LogP contribution in [0.5, 0.6) is 5.75 Å². The Morgan fingerprint density at radius 3 is 2.30 bits per heavy atom. The molecule has 0 radical (unpaired) electrons. The molecule has 0 saturated heterocycles. The molecule has 1 aromatic heterocycles. The number of nitrogens with zero attached hydrogens (tertiary/aromatic N) is 3. The first-order valence-corrected chi connectivity index (χ1v) is 11.7. The number of hydrogen-bond donors (Lipinski definition) is 1. The SMILES string of the molecule is C[C@H](N)C(=O)OCOC(=O)N(c1c(Cl)cc(OC(F)F)cc1Cl)c1nc(Cl)cn([C@@H](C)C2CC2)c1=O.Cl. The third-order valence-corrected chi connectivity index (χ3v) is 5.97. The Morgan fingerprint density at radius 1 is 1.19 bits per heavy atom. The Kier molecular flexibility index (Phi) is 10.8. The molecule has 37 heavy (non-hydrogen) atoms. The second-order valence-corrected chi connectivity index (χ2v) is 9.11. The quantitative estimate of drug-likeness (QED) is 0.301.